The van der Waals surface area contributed by atoms with E-state index in [1.54, 1.807) is 7.11 Å². The Hall–Kier alpha value is -1.48. The fraction of sp³-hybridized carbons (Fsp3) is 0.294. The SMILES string of the molecule is CCc1ccc(COc2cc(OC)ccc2CBr)cc1. The predicted octanol–water partition coefficient (Wildman–Crippen LogP) is 4.73. The first kappa shape index (κ1) is 14.9. The lowest BCUT2D eigenvalue weighted by Gasteiger charge is -2.12. The van der Waals surface area contributed by atoms with E-state index in [1.165, 1.54) is 11.1 Å². The molecular formula is C17H19BrO2. The van der Waals surface area contributed by atoms with Gasteiger partial charge >= 0.3 is 0 Å². The van der Waals surface area contributed by atoms with Crippen molar-refractivity contribution in [3.8, 4) is 11.5 Å². The van der Waals surface area contributed by atoms with Gasteiger partial charge in [0.1, 0.15) is 18.1 Å². The zero-order valence-corrected chi connectivity index (χ0v) is 13.4. The average molecular weight is 335 g/mol. The fourth-order valence-electron chi connectivity index (χ4n) is 1.94. The quantitative estimate of drug-likeness (QED) is 0.711. The van der Waals surface area contributed by atoms with Crippen LogP contribution in [0.5, 0.6) is 11.5 Å². The summed E-state index contributed by atoms with van der Waals surface area (Å²) in [4.78, 5) is 0. The van der Waals surface area contributed by atoms with E-state index in [9.17, 15) is 0 Å². The van der Waals surface area contributed by atoms with E-state index in [1.807, 2.05) is 18.2 Å². The molecule has 2 aromatic carbocycles. The van der Waals surface area contributed by atoms with Crippen LogP contribution < -0.4 is 9.47 Å². The minimum Gasteiger partial charge on any atom is -0.497 e. The molecule has 20 heavy (non-hydrogen) atoms. The second-order valence-electron chi connectivity index (χ2n) is 4.57. The van der Waals surface area contributed by atoms with Crippen LogP contribution in [0.1, 0.15) is 23.6 Å². The van der Waals surface area contributed by atoms with E-state index < -0.39 is 0 Å². The predicted molar refractivity (Wildman–Crippen MR) is 85.8 cm³/mol. The summed E-state index contributed by atoms with van der Waals surface area (Å²) in [5.41, 5.74) is 3.64. The number of aryl methyl sites for hydroxylation is 1. The molecule has 106 valence electrons. The van der Waals surface area contributed by atoms with Gasteiger partial charge < -0.3 is 9.47 Å². The van der Waals surface area contributed by atoms with E-state index in [0.717, 1.165) is 28.8 Å². The normalized spacial score (nSPS) is 10.3. The Morgan fingerprint density at radius 3 is 2.30 bits per heavy atom. The topological polar surface area (TPSA) is 18.5 Å². The van der Waals surface area contributed by atoms with Gasteiger partial charge in [0.2, 0.25) is 0 Å². The molecule has 0 aromatic heterocycles. The monoisotopic (exact) mass is 334 g/mol. The second kappa shape index (κ2) is 7.34. The van der Waals surface area contributed by atoms with Crippen LogP contribution in [-0.2, 0) is 18.4 Å². The maximum Gasteiger partial charge on any atom is 0.127 e. The van der Waals surface area contributed by atoms with Crippen molar-refractivity contribution < 1.29 is 9.47 Å². The zero-order valence-electron chi connectivity index (χ0n) is 11.9. The van der Waals surface area contributed by atoms with Crippen molar-refractivity contribution in [3.05, 3.63) is 59.2 Å². The van der Waals surface area contributed by atoms with Crippen LogP contribution in [0.25, 0.3) is 0 Å². The third-order valence-electron chi connectivity index (χ3n) is 3.24. The van der Waals surface area contributed by atoms with Gasteiger partial charge in [-0.25, -0.2) is 0 Å². The molecule has 0 fully saturated rings. The zero-order chi connectivity index (χ0) is 14.4. The molecule has 0 unspecified atom stereocenters. The molecule has 0 aliphatic rings. The Morgan fingerprint density at radius 1 is 1.00 bits per heavy atom. The Kier molecular flexibility index (Phi) is 5.48. The number of hydrogen-bond donors (Lipinski definition) is 0. The smallest absolute Gasteiger partial charge is 0.127 e. The average Bonchev–Trinajstić information content (AvgIpc) is 2.53. The van der Waals surface area contributed by atoms with Crippen LogP contribution in [0.4, 0.5) is 0 Å². The Bertz CT molecular complexity index is 549. The highest BCUT2D eigenvalue weighted by molar-refractivity contribution is 9.08. The van der Waals surface area contributed by atoms with Crippen LogP contribution in [0.15, 0.2) is 42.5 Å². The summed E-state index contributed by atoms with van der Waals surface area (Å²) in [5, 5.41) is 0.765. The molecule has 0 bridgehead atoms. The van der Waals surface area contributed by atoms with E-state index in [-0.39, 0.29) is 0 Å². The van der Waals surface area contributed by atoms with E-state index >= 15 is 0 Å². The van der Waals surface area contributed by atoms with Gasteiger partial charge in [-0.2, -0.15) is 0 Å². The van der Waals surface area contributed by atoms with Gasteiger partial charge in [-0.1, -0.05) is 53.2 Å². The minimum absolute atomic E-state index is 0.567. The molecule has 0 radical (unpaired) electrons. The lowest BCUT2D eigenvalue weighted by atomic mass is 10.1. The Balaban J connectivity index is 2.08. The third kappa shape index (κ3) is 3.76. The first-order valence-electron chi connectivity index (χ1n) is 6.70. The second-order valence-corrected chi connectivity index (χ2v) is 5.13. The lowest BCUT2D eigenvalue weighted by molar-refractivity contribution is 0.301. The summed E-state index contributed by atoms with van der Waals surface area (Å²) in [6, 6.07) is 14.4. The molecule has 0 amide bonds. The van der Waals surface area contributed by atoms with Gasteiger partial charge in [0.25, 0.3) is 0 Å². The molecule has 0 heterocycles. The van der Waals surface area contributed by atoms with E-state index in [4.69, 9.17) is 9.47 Å². The summed E-state index contributed by atoms with van der Waals surface area (Å²) >= 11 is 3.48. The van der Waals surface area contributed by atoms with E-state index in [2.05, 4.69) is 47.1 Å². The van der Waals surface area contributed by atoms with Gasteiger partial charge in [0, 0.05) is 17.0 Å². The number of hydrogen-bond acceptors (Lipinski definition) is 2. The summed E-state index contributed by atoms with van der Waals surface area (Å²) in [6.07, 6.45) is 1.06. The molecule has 0 aliphatic carbocycles. The molecule has 0 aliphatic heterocycles. The van der Waals surface area contributed by atoms with Gasteiger partial charge in [0.15, 0.2) is 0 Å². The molecule has 0 N–H and O–H groups in total. The van der Waals surface area contributed by atoms with Crippen LogP contribution in [0, 0.1) is 0 Å². The first-order valence-corrected chi connectivity index (χ1v) is 7.82. The molecular weight excluding hydrogens is 316 g/mol. The van der Waals surface area contributed by atoms with Crippen molar-refractivity contribution in [1.82, 2.24) is 0 Å². The number of benzene rings is 2. The molecule has 0 spiro atoms. The van der Waals surface area contributed by atoms with Crippen molar-refractivity contribution in [2.24, 2.45) is 0 Å². The molecule has 0 saturated heterocycles. The third-order valence-corrected chi connectivity index (χ3v) is 3.85. The highest BCUT2D eigenvalue weighted by Gasteiger charge is 2.05. The van der Waals surface area contributed by atoms with Crippen molar-refractivity contribution in [2.75, 3.05) is 7.11 Å². The van der Waals surface area contributed by atoms with Crippen LogP contribution in [-0.4, -0.2) is 7.11 Å². The van der Waals surface area contributed by atoms with Crippen molar-refractivity contribution in [2.45, 2.75) is 25.3 Å². The van der Waals surface area contributed by atoms with Crippen molar-refractivity contribution in [1.29, 1.82) is 0 Å². The van der Waals surface area contributed by atoms with E-state index in [0.29, 0.717) is 6.61 Å². The summed E-state index contributed by atoms with van der Waals surface area (Å²) in [6.45, 7) is 2.72. The Morgan fingerprint density at radius 2 is 1.70 bits per heavy atom. The number of rotatable bonds is 6. The van der Waals surface area contributed by atoms with Gasteiger partial charge in [-0.05, 0) is 23.6 Å². The van der Waals surface area contributed by atoms with Crippen LogP contribution in [0.2, 0.25) is 0 Å². The minimum atomic E-state index is 0.567. The molecule has 2 rings (SSSR count). The standard InChI is InChI=1S/C17H19BrO2/c1-3-13-4-6-14(7-5-13)12-20-17-10-16(19-2)9-8-15(17)11-18/h4-10H,3,11-12H2,1-2H3. The molecule has 2 aromatic rings. The molecule has 0 atom stereocenters. The van der Waals surface area contributed by atoms with Gasteiger partial charge in [-0.3, -0.25) is 0 Å². The maximum atomic E-state index is 5.92. The summed E-state index contributed by atoms with van der Waals surface area (Å²) in [5.74, 6) is 1.67. The Labute approximate surface area is 128 Å². The molecule has 3 heteroatoms. The maximum absolute atomic E-state index is 5.92. The van der Waals surface area contributed by atoms with Crippen molar-refractivity contribution in [3.63, 3.8) is 0 Å². The molecule has 0 saturated carbocycles. The summed E-state index contributed by atoms with van der Waals surface area (Å²) < 4.78 is 11.2. The fourth-order valence-corrected chi connectivity index (χ4v) is 2.40. The highest BCUT2D eigenvalue weighted by Crippen LogP contribution is 2.27. The highest BCUT2D eigenvalue weighted by atomic mass is 79.9. The molecule has 2 nitrogen and oxygen atoms in total. The number of methoxy groups -OCH3 is 1. The van der Waals surface area contributed by atoms with Crippen LogP contribution >= 0.6 is 15.9 Å². The van der Waals surface area contributed by atoms with Crippen LogP contribution in [0.3, 0.4) is 0 Å². The van der Waals surface area contributed by atoms with Crippen molar-refractivity contribution >= 4 is 15.9 Å². The number of halogens is 1. The summed E-state index contributed by atoms with van der Waals surface area (Å²) in [7, 11) is 1.66. The van der Waals surface area contributed by atoms with Gasteiger partial charge in [0.05, 0.1) is 7.11 Å². The van der Waals surface area contributed by atoms with Gasteiger partial charge in [-0.15, -0.1) is 0 Å². The number of alkyl halides is 1. The number of ether oxygens (including phenoxy) is 2. The first-order chi connectivity index (χ1) is 9.76. The lowest BCUT2D eigenvalue weighted by Crippen LogP contribution is -1.98. The largest absolute Gasteiger partial charge is 0.497 e.